The number of hydrogen-bond donors (Lipinski definition) is 0. The number of nitrogens with zero attached hydrogens (tertiary/aromatic N) is 4. The third kappa shape index (κ3) is 4.16. The molecule has 2 saturated heterocycles. The summed E-state index contributed by atoms with van der Waals surface area (Å²) in [7, 11) is -2.89. The Balaban J connectivity index is 1.42. The third-order valence-corrected chi connectivity index (χ3v) is 7.23. The van der Waals surface area contributed by atoms with Crippen LogP contribution in [-0.4, -0.2) is 71.7 Å². The van der Waals surface area contributed by atoms with Gasteiger partial charge in [-0.25, -0.2) is 17.5 Å². The summed E-state index contributed by atoms with van der Waals surface area (Å²) in [6.07, 6.45) is 0.702. The molecule has 2 aromatic rings. The molecule has 150 valence electrons. The van der Waals surface area contributed by atoms with E-state index >= 15 is 0 Å². The largest absolute Gasteiger partial charge is 0.297 e. The first-order valence-corrected chi connectivity index (χ1v) is 11.2. The molecule has 0 amide bonds. The molecule has 2 aliphatic heterocycles. The van der Waals surface area contributed by atoms with Crippen molar-refractivity contribution in [2.75, 3.05) is 37.7 Å². The molecule has 0 bridgehead atoms. The Morgan fingerprint density at radius 2 is 1.82 bits per heavy atom. The molecular weight excluding hydrogens is 383 g/mol. The van der Waals surface area contributed by atoms with Crippen LogP contribution in [0.15, 0.2) is 41.2 Å². The molecule has 0 saturated carbocycles. The van der Waals surface area contributed by atoms with Gasteiger partial charge >= 0.3 is 0 Å². The average Bonchev–Trinajstić information content (AvgIpc) is 3.04. The maximum atomic E-state index is 14.0. The van der Waals surface area contributed by atoms with E-state index in [0.717, 1.165) is 26.2 Å². The lowest BCUT2D eigenvalue weighted by Crippen LogP contribution is -2.51. The van der Waals surface area contributed by atoms with Gasteiger partial charge in [0, 0.05) is 43.9 Å². The summed E-state index contributed by atoms with van der Waals surface area (Å²) in [5.74, 6) is 0.152. The highest BCUT2D eigenvalue weighted by molar-refractivity contribution is 7.91. The van der Waals surface area contributed by atoms with Crippen LogP contribution >= 0.6 is 0 Å². The van der Waals surface area contributed by atoms with Gasteiger partial charge in [-0.15, -0.1) is 0 Å². The SMILES string of the molecule is O=c1ccc(-c2ccccc2F)nn1CN1CCN([C@H]2CCS(=O)(=O)C2)CC1. The number of piperazine rings is 1. The van der Waals surface area contributed by atoms with Crippen LogP contribution in [0.1, 0.15) is 6.42 Å². The number of hydrogen-bond acceptors (Lipinski definition) is 6. The van der Waals surface area contributed by atoms with Crippen molar-refractivity contribution in [2.24, 2.45) is 0 Å². The molecule has 4 rings (SSSR count). The van der Waals surface area contributed by atoms with Crippen molar-refractivity contribution in [3.8, 4) is 11.3 Å². The van der Waals surface area contributed by atoms with Crippen LogP contribution in [0.25, 0.3) is 11.3 Å². The first kappa shape index (κ1) is 19.2. The predicted molar refractivity (Wildman–Crippen MR) is 104 cm³/mol. The van der Waals surface area contributed by atoms with Gasteiger partial charge in [-0.05, 0) is 24.6 Å². The maximum absolute atomic E-state index is 14.0. The minimum absolute atomic E-state index is 0.109. The summed E-state index contributed by atoms with van der Waals surface area (Å²) in [6, 6.07) is 9.42. The summed E-state index contributed by atoms with van der Waals surface area (Å²) in [5, 5.41) is 4.34. The Hall–Kier alpha value is -2.10. The summed E-state index contributed by atoms with van der Waals surface area (Å²) >= 11 is 0. The van der Waals surface area contributed by atoms with E-state index in [1.54, 1.807) is 18.2 Å². The fourth-order valence-electron chi connectivity index (χ4n) is 3.89. The van der Waals surface area contributed by atoms with Gasteiger partial charge < -0.3 is 0 Å². The van der Waals surface area contributed by atoms with E-state index in [1.165, 1.54) is 22.9 Å². The standard InChI is InChI=1S/C19H23FN4O3S/c20-17-4-2-1-3-16(17)18-5-6-19(25)24(21-18)14-22-8-10-23(11-9-22)15-7-12-28(26,27)13-15/h1-6,15H,7-14H2/t15-/m0/s1. The van der Waals surface area contributed by atoms with Crippen molar-refractivity contribution in [1.82, 2.24) is 19.6 Å². The number of aromatic nitrogens is 2. The molecule has 9 heteroatoms. The van der Waals surface area contributed by atoms with Crippen LogP contribution < -0.4 is 5.56 Å². The van der Waals surface area contributed by atoms with Crippen LogP contribution in [0.3, 0.4) is 0 Å². The third-order valence-electron chi connectivity index (χ3n) is 5.48. The topological polar surface area (TPSA) is 75.5 Å². The molecule has 0 unspecified atom stereocenters. The van der Waals surface area contributed by atoms with Gasteiger partial charge in [-0.3, -0.25) is 14.6 Å². The van der Waals surface area contributed by atoms with Crippen molar-refractivity contribution in [2.45, 2.75) is 19.1 Å². The normalized spacial score (nSPS) is 23.1. The van der Waals surface area contributed by atoms with E-state index in [9.17, 15) is 17.6 Å². The van der Waals surface area contributed by atoms with Crippen LogP contribution in [0.2, 0.25) is 0 Å². The molecule has 0 spiro atoms. The minimum atomic E-state index is -2.89. The van der Waals surface area contributed by atoms with Gasteiger partial charge in [0.25, 0.3) is 5.56 Å². The Kier molecular flexibility index (Phi) is 5.31. The van der Waals surface area contributed by atoms with E-state index < -0.39 is 9.84 Å². The number of benzene rings is 1. The van der Waals surface area contributed by atoms with Crippen LogP contribution in [0, 0.1) is 5.82 Å². The van der Waals surface area contributed by atoms with Gasteiger partial charge in [0.2, 0.25) is 0 Å². The highest BCUT2D eigenvalue weighted by Crippen LogP contribution is 2.20. The summed E-state index contributed by atoms with van der Waals surface area (Å²) in [6.45, 7) is 3.32. The van der Waals surface area contributed by atoms with Crippen molar-refractivity contribution in [3.05, 3.63) is 52.6 Å². The van der Waals surface area contributed by atoms with E-state index in [1.807, 2.05) is 0 Å². The van der Waals surface area contributed by atoms with E-state index in [-0.39, 0.29) is 28.9 Å². The zero-order valence-electron chi connectivity index (χ0n) is 15.5. The van der Waals surface area contributed by atoms with Gasteiger partial charge in [-0.2, -0.15) is 5.10 Å². The lowest BCUT2D eigenvalue weighted by atomic mass is 10.1. The second-order valence-corrected chi connectivity index (χ2v) is 9.62. The second-order valence-electron chi connectivity index (χ2n) is 7.39. The zero-order chi connectivity index (χ0) is 19.7. The number of halogens is 1. The lowest BCUT2D eigenvalue weighted by Gasteiger charge is -2.37. The Bertz CT molecular complexity index is 1020. The van der Waals surface area contributed by atoms with Gasteiger partial charge in [0.15, 0.2) is 9.84 Å². The molecule has 1 atom stereocenters. The first-order chi connectivity index (χ1) is 13.4. The molecular formula is C19H23FN4O3S. The Morgan fingerprint density at radius 1 is 1.07 bits per heavy atom. The van der Waals surface area contributed by atoms with Gasteiger partial charge in [-0.1, -0.05) is 12.1 Å². The molecule has 3 heterocycles. The smallest absolute Gasteiger partial charge is 0.268 e. The van der Waals surface area contributed by atoms with E-state index in [4.69, 9.17) is 0 Å². The summed E-state index contributed by atoms with van der Waals surface area (Å²) < 4.78 is 38.8. The molecule has 0 aliphatic carbocycles. The quantitative estimate of drug-likeness (QED) is 0.748. The number of rotatable bonds is 4. The summed E-state index contributed by atoms with van der Waals surface area (Å²) in [5.41, 5.74) is 0.556. The predicted octanol–water partition coefficient (Wildman–Crippen LogP) is 0.812. The highest BCUT2D eigenvalue weighted by atomic mass is 32.2. The molecule has 2 aliphatic rings. The van der Waals surface area contributed by atoms with Crippen molar-refractivity contribution in [1.29, 1.82) is 0 Å². The van der Waals surface area contributed by atoms with Crippen molar-refractivity contribution in [3.63, 3.8) is 0 Å². The van der Waals surface area contributed by atoms with Crippen LogP contribution in [0.4, 0.5) is 4.39 Å². The molecule has 0 N–H and O–H groups in total. The zero-order valence-corrected chi connectivity index (χ0v) is 16.3. The molecule has 28 heavy (non-hydrogen) atoms. The van der Waals surface area contributed by atoms with Crippen molar-refractivity contribution >= 4 is 9.84 Å². The fourth-order valence-corrected chi connectivity index (χ4v) is 5.65. The average molecular weight is 406 g/mol. The minimum Gasteiger partial charge on any atom is -0.297 e. The highest BCUT2D eigenvalue weighted by Gasteiger charge is 2.33. The second kappa shape index (κ2) is 7.73. The van der Waals surface area contributed by atoms with Crippen molar-refractivity contribution < 1.29 is 12.8 Å². The summed E-state index contributed by atoms with van der Waals surface area (Å²) in [4.78, 5) is 16.5. The van der Waals surface area contributed by atoms with Gasteiger partial charge in [0.05, 0.1) is 23.9 Å². The first-order valence-electron chi connectivity index (χ1n) is 9.41. The maximum Gasteiger partial charge on any atom is 0.268 e. The molecule has 2 fully saturated rings. The number of sulfone groups is 1. The lowest BCUT2D eigenvalue weighted by molar-refractivity contribution is 0.0800. The van der Waals surface area contributed by atoms with E-state index in [2.05, 4.69) is 14.9 Å². The molecule has 7 nitrogen and oxygen atoms in total. The molecule has 1 aromatic carbocycles. The Labute approximate surface area is 163 Å². The molecule has 1 aromatic heterocycles. The van der Waals surface area contributed by atoms with Crippen LogP contribution in [-0.2, 0) is 16.5 Å². The Morgan fingerprint density at radius 3 is 2.50 bits per heavy atom. The monoisotopic (exact) mass is 406 g/mol. The van der Waals surface area contributed by atoms with E-state index in [0.29, 0.717) is 24.3 Å². The molecule has 0 radical (unpaired) electrons. The fraction of sp³-hybridized carbons (Fsp3) is 0.474. The van der Waals surface area contributed by atoms with Crippen LogP contribution in [0.5, 0.6) is 0 Å². The van der Waals surface area contributed by atoms with Gasteiger partial charge in [0.1, 0.15) is 5.82 Å².